The monoisotopic (exact) mass is 435 g/mol. The molecule has 1 saturated carbocycles. The van der Waals surface area contributed by atoms with Gasteiger partial charge in [0, 0.05) is 25.5 Å². The van der Waals surface area contributed by atoms with Crippen molar-refractivity contribution < 1.29 is 31.9 Å². The van der Waals surface area contributed by atoms with Crippen molar-refractivity contribution in [2.45, 2.75) is 32.2 Å². The minimum atomic E-state index is -2.65. The third kappa shape index (κ3) is 4.89. The number of fused-ring (bicyclic) bond motifs is 1. The van der Waals surface area contributed by atoms with Crippen LogP contribution in [-0.2, 0) is 4.79 Å². The van der Waals surface area contributed by atoms with E-state index in [1.54, 1.807) is 19.1 Å². The molecule has 1 aliphatic carbocycles. The maximum absolute atomic E-state index is 14.6. The van der Waals surface area contributed by atoms with E-state index < -0.39 is 17.7 Å². The number of hydrogen-bond acceptors (Lipinski definition) is 6. The van der Waals surface area contributed by atoms with Crippen LogP contribution in [0, 0.1) is 11.7 Å². The van der Waals surface area contributed by atoms with E-state index in [1.165, 1.54) is 19.2 Å². The van der Waals surface area contributed by atoms with Crippen molar-refractivity contribution in [1.82, 2.24) is 15.3 Å². The van der Waals surface area contributed by atoms with Gasteiger partial charge in [-0.3, -0.25) is 4.79 Å². The molecule has 0 saturated heterocycles. The predicted octanol–water partition coefficient (Wildman–Crippen LogP) is 3.97. The number of alkyl halides is 2. The fourth-order valence-corrected chi connectivity index (χ4v) is 3.01. The SMILES string of the molecule is CC(=O)NC(C)COc1cnc(-c2nc3ccc(OCC4CC4(F)F)cc3o2)c(F)c1. The van der Waals surface area contributed by atoms with E-state index in [-0.39, 0.29) is 48.9 Å². The van der Waals surface area contributed by atoms with Gasteiger partial charge in [-0.2, -0.15) is 0 Å². The summed E-state index contributed by atoms with van der Waals surface area (Å²) in [5.41, 5.74) is 0.670. The average Bonchev–Trinajstić information content (AvgIpc) is 3.11. The molecule has 4 rings (SSSR count). The third-order valence-electron chi connectivity index (χ3n) is 4.74. The van der Waals surface area contributed by atoms with Crippen molar-refractivity contribution in [2.75, 3.05) is 13.2 Å². The molecule has 3 aromatic rings. The van der Waals surface area contributed by atoms with Gasteiger partial charge < -0.3 is 19.2 Å². The van der Waals surface area contributed by atoms with E-state index in [0.29, 0.717) is 16.8 Å². The molecule has 1 amide bonds. The molecule has 1 N–H and O–H groups in total. The smallest absolute Gasteiger partial charge is 0.255 e. The van der Waals surface area contributed by atoms with Crippen molar-refractivity contribution in [1.29, 1.82) is 0 Å². The molecular formula is C21H20F3N3O4. The lowest BCUT2D eigenvalue weighted by molar-refractivity contribution is -0.119. The highest BCUT2D eigenvalue weighted by Crippen LogP contribution is 2.48. The molecule has 2 atom stereocenters. The molecule has 1 fully saturated rings. The van der Waals surface area contributed by atoms with Gasteiger partial charge in [-0.25, -0.2) is 23.1 Å². The number of nitrogens with zero attached hydrogens (tertiary/aromatic N) is 2. The standard InChI is InChI=1S/C21H20F3N3O4/c1-11(26-12(2)28)9-29-15-5-16(22)19(25-8-15)20-27-17-4-3-14(6-18(17)31-20)30-10-13-7-21(13,23)24/h3-6,8,11,13H,7,9-10H2,1-2H3,(H,26,28). The van der Waals surface area contributed by atoms with Crippen LogP contribution >= 0.6 is 0 Å². The largest absolute Gasteiger partial charge is 0.493 e. The lowest BCUT2D eigenvalue weighted by Crippen LogP contribution is -2.35. The summed E-state index contributed by atoms with van der Waals surface area (Å²) in [5, 5.41) is 2.66. The second-order valence-corrected chi connectivity index (χ2v) is 7.54. The summed E-state index contributed by atoms with van der Waals surface area (Å²) in [6, 6.07) is 5.61. The Balaban J connectivity index is 1.44. The highest BCUT2D eigenvalue weighted by atomic mass is 19.3. The Kier molecular flexibility index (Phi) is 5.47. The molecular weight excluding hydrogens is 415 g/mol. The van der Waals surface area contributed by atoms with Crippen molar-refractivity contribution in [3.8, 4) is 23.1 Å². The van der Waals surface area contributed by atoms with E-state index in [0.717, 1.165) is 6.07 Å². The summed E-state index contributed by atoms with van der Waals surface area (Å²) in [7, 11) is 0. The van der Waals surface area contributed by atoms with Crippen molar-refractivity contribution in [3.63, 3.8) is 0 Å². The van der Waals surface area contributed by atoms with Crippen LogP contribution in [0.4, 0.5) is 13.2 Å². The van der Waals surface area contributed by atoms with Gasteiger partial charge in [0.1, 0.15) is 23.6 Å². The van der Waals surface area contributed by atoms with Gasteiger partial charge in [-0.1, -0.05) is 0 Å². The molecule has 2 heterocycles. The zero-order chi connectivity index (χ0) is 22.2. The number of aromatic nitrogens is 2. The van der Waals surface area contributed by atoms with Crippen LogP contribution in [0.3, 0.4) is 0 Å². The number of benzene rings is 1. The third-order valence-corrected chi connectivity index (χ3v) is 4.74. The van der Waals surface area contributed by atoms with Crippen LogP contribution in [0.15, 0.2) is 34.9 Å². The lowest BCUT2D eigenvalue weighted by Gasteiger charge is -2.13. The molecule has 10 heteroatoms. The zero-order valence-corrected chi connectivity index (χ0v) is 16.8. The van der Waals surface area contributed by atoms with E-state index in [9.17, 15) is 18.0 Å². The first-order valence-corrected chi connectivity index (χ1v) is 9.68. The molecule has 2 aromatic heterocycles. The number of pyridine rings is 1. The number of hydrogen-bond donors (Lipinski definition) is 1. The van der Waals surface area contributed by atoms with Gasteiger partial charge in [0.15, 0.2) is 17.1 Å². The molecule has 0 aliphatic heterocycles. The summed E-state index contributed by atoms with van der Waals surface area (Å²) in [6.45, 7) is 3.22. The Hall–Kier alpha value is -3.30. The highest BCUT2D eigenvalue weighted by Gasteiger charge is 2.57. The van der Waals surface area contributed by atoms with E-state index >= 15 is 0 Å². The average molecular weight is 435 g/mol. The number of carbonyl (C=O) groups excluding carboxylic acids is 1. The van der Waals surface area contributed by atoms with Gasteiger partial charge in [0.25, 0.3) is 5.92 Å². The fraction of sp³-hybridized carbons (Fsp3) is 0.381. The molecule has 31 heavy (non-hydrogen) atoms. The van der Waals surface area contributed by atoms with Crippen molar-refractivity contribution >= 4 is 17.0 Å². The molecule has 164 valence electrons. The van der Waals surface area contributed by atoms with Crippen LogP contribution in [0.5, 0.6) is 11.5 Å². The Morgan fingerprint density at radius 3 is 2.77 bits per heavy atom. The minimum Gasteiger partial charge on any atom is -0.493 e. The second kappa shape index (κ2) is 8.09. The number of amides is 1. The van der Waals surface area contributed by atoms with Crippen LogP contribution in [-0.4, -0.2) is 41.1 Å². The highest BCUT2D eigenvalue weighted by molar-refractivity contribution is 5.77. The second-order valence-electron chi connectivity index (χ2n) is 7.54. The quantitative estimate of drug-likeness (QED) is 0.576. The van der Waals surface area contributed by atoms with Gasteiger partial charge >= 0.3 is 0 Å². The molecule has 1 aliphatic rings. The van der Waals surface area contributed by atoms with Crippen LogP contribution in [0.25, 0.3) is 22.7 Å². The number of rotatable bonds is 8. The molecule has 0 bridgehead atoms. The molecule has 1 aromatic carbocycles. The maximum atomic E-state index is 14.6. The minimum absolute atomic E-state index is 0.0310. The first-order valence-electron chi connectivity index (χ1n) is 9.68. The Bertz CT molecular complexity index is 1120. The van der Waals surface area contributed by atoms with Gasteiger partial charge in [0.05, 0.1) is 24.8 Å². The molecule has 2 unspecified atom stereocenters. The van der Waals surface area contributed by atoms with E-state index in [1.807, 2.05) is 0 Å². The number of carbonyl (C=O) groups is 1. The van der Waals surface area contributed by atoms with Gasteiger partial charge in [-0.05, 0) is 19.1 Å². The van der Waals surface area contributed by atoms with Crippen LogP contribution in [0.1, 0.15) is 20.3 Å². The fourth-order valence-electron chi connectivity index (χ4n) is 3.01. The Morgan fingerprint density at radius 1 is 1.32 bits per heavy atom. The molecule has 0 radical (unpaired) electrons. The summed E-state index contributed by atoms with van der Waals surface area (Å²) in [5.74, 6) is -3.77. The van der Waals surface area contributed by atoms with E-state index in [4.69, 9.17) is 13.9 Å². The topological polar surface area (TPSA) is 86.5 Å². The molecule has 0 spiro atoms. The number of oxazole rings is 1. The first-order chi connectivity index (χ1) is 14.7. The number of halogens is 3. The number of nitrogens with one attached hydrogen (secondary N) is 1. The van der Waals surface area contributed by atoms with Gasteiger partial charge in [0.2, 0.25) is 11.8 Å². The zero-order valence-electron chi connectivity index (χ0n) is 16.8. The normalized spacial score (nSPS) is 17.9. The van der Waals surface area contributed by atoms with Crippen molar-refractivity contribution in [2.24, 2.45) is 5.92 Å². The summed E-state index contributed by atoms with van der Waals surface area (Å²) in [4.78, 5) is 19.3. The lowest BCUT2D eigenvalue weighted by atomic mass is 10.3. The Morgan fingerprint density at radius 2 is 2.10 bits per heavy atom. The summed E-state index contributed by atoms with van der Waals surface area (Å²) < 4.78 is 56.9. The Labute approximate surface area is 175 Å². The first kappa shape index (κ1) is 21.0. The van der Waals surface area contributed by atoms with Gasteiger partial charge in [-0.15, -0.1) is 0 Å². The van der Waals surface area contributed by atoms with Crippen LogP contribution in [0.2, 0.25) is 0 Å². The maximum Gasteiger partial charge on any atom is 0.255 e. The summed E-state index contributed by atoms with van der Waals surface area (Å²) >= 11 is 0. The van der Waals surface area contributed by atoms with E-state index in [2.05, 4.69) is 15.3 Å². The predicted molar refractivity (Wildman–Crippen MR) is 105 cm³/mol. The van der Waals surface area contributed by atoms with Crippen LogP contribution < -0.4 is 14.8 Å². The summed E-state index contributed by atoms with van der Waals surface area (Å²) in [6.07, 6.45) is 1.16. The van der Waals surface area contributed by atoms with Crippen molar-refractivity contribution in [3.05, 3.63) is 36.3 Å². The molecule has 7 nitrogen and oxygen atoms in total. The number of ether oxygens (including phenoxy) is 2.